The van der Waals surface area contributed by atoms with E-state index in [-0.39, 0.29) is 6.04 Å². The summed E-state index contributed by atoms with van der Waals surface area (Å²) in [7, 11) is 0. The molecule has 2 atom stereocenters. The Morgan fingerprint density at radius 3 is 2.45 bits per heavy atom. The average Bonchev–Trinajstić information content (AvgIpc) is 2.45. The van der Waals surface area contributed by atoms with Gasteiger partial charge < -0.3 is 15.3 Å². The lowest BCUT2D eigenvalue weighted by molar-refractivity contribution is 0.259. The van der Waals surface area contributed by atoms with Crippen molar-refractivity contribution in [3.63, 3.8) is 0 Å². The summed E-state index contributed by atoms with van der Waals surface area (Å²) in [5.41, 5.74) is 0.966. The second-order valence-electron chi connectivity index (χ2n) is 5.22. The van der Waals surface area contributed by atoms with Crippen LogP contribution in [0.1, 0.15) is 45.7 Å². The van der Waals surface area contributed by atoms with Gasteiger partial charge >= 0.3 is 0 Å². The van der Waals surface area contributed by atoms with Crippen LogP contribution >= 0.6 is 15.9 Å². The van der Waals surface area contributed by atoms with E-state index >= 15 is 0 Å². The predicted octanol–water partition coefficient (Wildman–Crippen LogP) is 3.93. The summed E-state index contributed by atoms with van der Waals surface area (Å²) in [5, 5.41) is 13.7. The molecule has 0 fully saturated rings. The Balaban J connectivity index is 2.73. The van der Waals surface area contributed by atoms with Crippen LogP contribution in [0, 0.1) is 0 Å². The van der Waals surface area contributed by atoms with Crippen LogP contribution < -0.4 is 5.32 Å². The number of nitrogens with one attached hydrogen (secondary N) is 1. The summed E-state index contributed by atoms with van der Waals surface area (Å²) in [4.78, 5) is 2.41. The first kappa shape index (κ1) is 17.5. The zero-order valence-electron chi connectivity index (χ0n) is 13.0. The molecule has 1 aromatic carbocycles. The van der Waals surface area contributed by atoms with Gasteiger partial charge in [0.15, 0.2) is 0 Å². The third kappa shape index (κ3) is 5.08. The third-order valence-electron chi connectivity index (χ3n) is 3.69. The van der Waals surface area contributed by atoms with Gasteiger partial charge in [-0.1, -0.05) is 36.7 Å². The largest absolute Gasteiger partial charge is 0.508 e. The van der Waals surface area contributed by atoms with Gasteiger partial charge in [-0.05, 0) is 44.6 Å². The summed E-state index contributed by atoms with van der Waals surface area (Å²) in [6.07, 6.45) is 0.951. The number of rotatable bonds is 8. The van der Waals surface area contributed by atoms with E-state index in [2.05, 4.69) is 53.8 Å². The molecule has 0 saturated heterocycles. The van der Waals surface area contributed by atoms with Crippen LogP contribution in [0.5, 0.6) is 5.75 Å². The number of aromatic hydroxyl groups is 1. The number of halogens is 1. The highest BCUT2D eigenvalue weighted by Crippen LogP contribution is 2.29. The lowest BCUT2D eigenvalue weighted by atomic mass is 10.0. The maximum atomic E-state index is 10.1. The fraction of sp³-hybridized carbons (Fsp3) is 0.625. The summed E-state index contributed by atoms with van der Waals surface area (Å²) in [6.45, 7) is 11.9. The highest BCUT2D eigenvalue weighted by molar-refractivity contribution is 9.10. The zero-order chi connectivity index (χ0) is 15.1. The molecule has 0 aliphatic rings. The molecule has 0 radical (unpaired) electrons. The number of benzene rings is 1. The Hall–Kier alpha value is -0.580. The minimum Gasteiger partial charge on any atom is -0.508 e. The van der Waals surface area contributed by atoms with Gasteiger partial charge in [-0.25, -0.2) is 0 Å². The topological polar surface area (TPSA) is 35.5 Å². The van der Waals surface area contributed by atoms with E-state index in [1.165, 1.54) is 0 Å². The van der Waals surface area contributed by atoms with Crippen molar-refractivity contribution in [2.45, 2.75) is 46.2 Å². The van der Waals surface area contributed by atoms with Crippen molar-refractivity contribution in [3.8, 4) is 5.75 Å². The first-order chi connectivity index (χ1) is 9.51. The first-order valence-corrected chi connectivity index (χ1v) is 8.27. The molecule has 3 nitrogen and oxygen atoms in total. The van der Waals surface area contributed by atoms with Crippen molar-refractivity contribution < 1.29 is 5.11 Å². The van der Waals surface area contributed by atoms with Crippen LogP contribution in [0.4, 0.5) is 0 Å². The lowest BCUT2D eigenvalue weighted by Gasteiger charge is -2.28. The van der Waals surface area contributed by atoms with E-state index in [1.807, 2.05) is 12.1 Å². The fourth-order valence-electron chi connectivity index (χ4n) is 2.50. The molecule has 0 aliphatic heterocycles. The van der Waals surface area contributed by atoms with Crippen LogP contribution in [-0.2, 0) is 0 Å². The second kappa shape index (κ2) is 8.65. The number of hydrogen-bond acceptors (Lipinski definition) is 3. The van der Waals surface area contributed by atoms with Crippen molar-refractivity contribution in [2.24, 2.45) is 0 Å². The minimum atomic E-state index is 0.179. The molecule has 2 unspecified atom stereocenters. The fourth-order valence-corrected chi connectivity index (χ4v) is 2.88. The normalized spacial score (nSPS) is 14.5. The molecule has 1 rings (SSSR count). The smallest absolute Gasteiger partial charge is 0.120 e. The number of likely N-dealkylation sites (N-methyl/N-ethyl adjacent to an activating group) is 1. The monoisotopic (exact) mass is 342 g/mol. The van der Waals surface area contributed by atoms with E-state index in [4.69, 9.17) is 0 Å². The van der Waals surface area contributed by atoms with Crippen LogP contribution in [0.2, 0.25) is 0 Å². The Morgan fingerprint density at radius 1 is 1.25 bits per heavy atom. The minimum absolute atomic E-state index is 0.179. The van der Waals surface area contributed by atoms with Gasteiger partial charge in [0, 0.05) is 28.7 Å². The van der Waals surface area contributed by atoms with Crippen molar-refractivity contribution in [1.82, 2.24) is 10.2 Å². The van der Waals surface area contributed by atoms with E-state index in [9.17, 15) is 5.11 Å². The van der Waals surface area contributed by atoms with Crippen LogP contribution in [0.15, 0.2) is 22.7 Å². The Kier molecular flexibility index (Phi) is 7.56. The van der Waals surface area contributed by atoms with E-state index in [1.54, 1.807) is 6.07 Å². The van der Waals surface area contributed by atoms with Crippen LogP contribution in [0.25, 0.3) is 0 Å². The van der Waals surface area contributed by atoms with E-state index in [0.29, 0.717) is 11.8 Å². The summed E-state index contributed by atoms with van der Waals surface area (Å²) in [6, 6.07) is 6.18. The molecule has 20 heavy (non-hydrogen) atoms. The molecular weight excluding hydrogens is 316 g/mol. The molecule has 0 saturated carbocycles. The molecule has 4 heteroatoms. The van der Waals surface area contributed by atoms with E-state index < -0.39 is 0 Å². The number of phenolic OH excluding ortho intramolecular Hbond substituents is 1. The summed E-state index contributed by atoms with van der Waals surface area (Å²) < 4.78 is 1.00. The predicted molar refractivity (Wildman–Crippen MR) is 89.2 cm³/mol. The molecule has 0 bridgehead atoms. The number of hydrogen-bond donors (Lipinski definition) is 2. The molecule has 1 aromatic rings. The molecule has 0 spiro atoms. The van der Waals surface area contributed by atoms with Crippen molar-refractivity contribution in [3.05, 3.63) is 28.2 Å². The molecule has 0 amide bonds. The third-order valence-corrected chi connectivity index (χ3v) is 4.18. The molecule has 0 aliphatic carbocycles. The Morgan fingerprint density at radius 2 is 1.90 bits per heavy atom. The molecule has 2 N–H and O–H groups in total. The van der Waals surface area contributed by atoms with Crippen LogP contribution in [-0.4, -0.2) is 35.7 Å². The lowest BCUT2D eigenvalue weighted by Crippen LogP contribution is -2.40. The van der Waals surface area contributed by atoms with Gasteiger partial charge in [0.25, 0.3) is 0 Å². The highest BCUT2D eigenvalue weighted by atomic mass is 79.9. The first-order valence-electron chi connectivity index (χ1n) is 7.48. The SMILES string of the molecule is CCC(NC(C)CN(CC)CC)c1cc(Br)ccc1O. The summed E-state index contributed by atoms with van der Waals surface area (Å²) >= 11 is 3.48. The van der Waals surface area contributed by atoms with Gasteiger partial charge in [0.05, 0.1) is 0 Å². The molecule has 0 aromatic heterocycles. The van der Waals surface area contributed by atoms with Gasteiger partial charge in [0.1, 0.15) is 5.75 Å². The maximum absolute atomic E-state index is 10.1. The molecule has 0 heterocycles. The summed E-state index contributed by atoms with van der Waals surface area (Å²) in [5.74, 6) is 0.364. The van der Waals surface area contributed by atoms with Crippen LogP contribution in [0.3, 0.4) is 0 Å². The molecule has 114 valence electrons. The Labute approximate surface area is 131 Å². The van der Waals surface area contributed by atoms with Gasteiger partial charge in [-0.2, -0.15) is 0 Å². The van der Waals surface area contributed by atoms with E-state index in [0.717, 1.165) is 36.1 Å². The zero-order valence-corrected chi connectivity index (χ0v) is 14.6. The van der Waals surface area contributed by atoms with Crippen molar-refractivity contribution in [1.29, 1.82) is 0 Å². The average molecular weight is 343 g/mol. The molecular formula is C16H27BrN2O. The van der Waals surface area contributed by atoms with Gasteiger partial charge in [-0.15, -0.1) is 0 Å². The van der Waals surface area contributed by atoms with Gasteiger partial charge in [0.2, 0.25) is 0 Å². The van der Waals surface area contributed by atoms with Crippen molar-refractivity contribution in [2.75, 3.05) is 19.6 Å². The second-order valence-corrected chi connectivity index (χ2v) is 6.13. The quantitative estimate of drug-likeness (QED) is 0.751. The number of nitrogens with zero attached hydrogens (tertiary/aromatic N) is 1. The Bertz CT molecular complexity index is 407. The van der Waals surface area contributed by atoms with Gasteiger partial charge in [-0.3, -0.25) is 0 Å². The number of phenols is 1. The van der Waals surface area contributed by atoms with Crippen molar-refractivity contribution >= 4 is 15.9 Å². The highest BCUT2D eigenvalue weighted by Gasteiger charge is 2.17. The maximum Gasteiger partial charge on any atom is 0.120 e. The standard InChI is InChI=1S/C16H27BrN2O/c1-5-15(14-10-13(17)8-9-16(14)20)18-12(4)11-19(6-2)7-3/h8-10,12,15,18,20H,5-7,11H2,1-4H3.